The van der Waals surface area contributed by atoms with Crippen LogP contribution in [-0.4, -0.2) is 38.9 Å². The molecule has 2 aromatic heterocycles. The molecule has 0 aliphatic heterocycles. The van der Waals surface area contributed by atoms with Gasteiger partial charge >= 0.3 is 0 Å². The van der Waals surface area contributed by atoms with Gasteiger partial charge in [-0.2, -0.15) is 0 Å². The van der Waals surface area contributed by atoms with Gasteiger partial charge in [0.25, 0.3) is 0 Å². The number of nitrogens with one attached hydrogen (secondary N) is 1. The summed E-state index contributed by atoms with van der Waals surface area (Å²) in [6.07, 6.45) is 1.84. The zero-order valence-electron chi connectivity index (χ0n) is 15.0. The maximum Gasteiger partial charge on any atom is 0.218 e. The molecule has 2 heterocycles. The van der Waals surface area contributed by atoms with E-state index in [1.807, 2.05) is 0 Å². The maximum atomic E-state index is 14.2. The number of thioether (sulfide) groups is 1. The molecular weight excluding hydrogens is 385 g/mol. The predicted molar refractivity (Wildman–Crippen MR) is 102 cm³/mol. The molecular formula is C18H18FN5O3S. The van der Waals surface area contributed by atoms with Crippen LogP contribution < -0.4 is 11.2 Å². The number of hydrogen-bond donors (Lipinski definition) is 2. The second-order valence-electron chi connectivity index (χ2n) is 5.90. The standard InChI is InChI=1S/C18H18FN5O3S/c1-11(25)21-7-6-12-4-5-13(9-14(12)19)15(26)10-28-18-23-22-17(24(18)20)16-3-2-8-27-16/h2-5,8-9H,6-7,10,20H2,1H3,(H,21,25). The third kappa shape index (κ3) is 4.58. The van der Waals surface area contributed by atoms with Crippen LogP contribution in [0.3, 0.4) is 0 Å². The summed E-state index contributed by atoms with van der Waals surface area (Å²) in [6, 6.07) is 7.72. The first kappa shape index (κ1) is 19.6. The van der Waals surface area contributed by atoms with E-state index in [1.54, 1.807) is 24.3 Å². The van der Waals surface area contributed by atoms with Crippen LogP contribution in [0, 0.1) is 5.82 Å². The third-order valence-corrected chi connectivity index (χ3v) is 4.82. The van der Waals surface area contributed by atoms with E-state index >= 15 is 0 Å². The van der Waals surface area contributed by atoms with Crippen molar-refractivity contribution in [3.05, 3.63) is 53.5 Å². The number of Topliss-reactive ketones (excluding diaryl/α,β-unsaturated/α-hetero) is 1. The summed E-state index contributed by atoms with van der Waals surface area (Å²) in [5.41, 5.74) is 0.686. The van der Waals surface area contributed by atoms with Crippen molar-refractivity contribution in [1.82, 2.24) is 20.2 Å². The molecule has 0 aliphatic carbocycles. The molecule has 28 heavy (non-hydrogen) atoms. The number of carbonyl (C=O) groups excluding carboxylic acids is 2. The highest BCUT2D eigenvalue weighted by atomic mass is 32.2. The molecule has 0 spiro atoms. The van der Waals surface area contributed by atoms with Crippen LogP contribution in [0.5, 0.6) is 0 Å². The first-order chi connectivity index (χ1) is 13.5. The summed E-state index contributed by atoms with van der Waals surface area (Å²) in [5, 5.41) is 10.8. The van der Waals surface area contributed by atoms with Crippen molar-refractivity contribution >= 4 is 23.5 Å². The lowest BCUT2D eigenvalue weighted by atomic mass is 10.1. The van der Waals surface area contributed by atoms with Crippen molar-refractivity contribution in [3.63, 3.8) is 0 Å². The average molecular weight is 403 g/mol. The molecule has 0 fully saturated rings. The van der Waals surface area contributed by atoms with Crippen LogP contribution in [0.15, 0.2) is 46.2 Å². The number of furan rings is 1. The summed E-state index contributed by atoms with van der Waals surface area (Å²) in [6.45, 7) is 1.73. The van der Waals surface area contributed by atoms with Gasteiger partial charge in [0.15, 0.2) is 11.5 Å². The van der Waals surface area contributed by atoms with E-state index in [0.29, 0.717) is 35.3 Å². The van der Waals surface area contributed by atoms with Crippen LogP contribution in [0.25, 0.3) is 11.6 Å². The van der Waals surface area contributed by atoms with E-state index in [1.165, 1.54) is 23.9 Å². The van der Waals surface area contributed by atoms with Gasteiger partial charge in [0.1, 0.15) is 5.82 Å². The summed E-state index contributed by atoms with van der Waals surface area (Å²) in [4.78, 5) is 23.2. The van der Waals surface area contributed by atoms with E-state index in [2.05, 4.69) is 15.5 Å². The van der Waals surface area contributed by atoms with E-state index < -0.39 is 5.82 Å². The second kappa shape index (κ2) is 8.70. The largest absolute Gasteiger partial charge is 0.461 e. The van der Waals surface area contributed by atoms with Crippen LogP contribution in [-0.2, 0) is 11.2 Å². The molecule has 1 amide bonds. The molecule has 1 aromatic carbocycles. The minimum Gasteiger partial charge on any atom is -0.461 e. The smallest absolute Gasteiger partial charge is 0.218 e. The van der Waals surface area contributed by atoms with Gasteiger partial charge in [-0.3, -0.25) is 9.59 Å². The highest BCUT2D eigenvalue weighted by Gasteiger charge is 2.16. The fourth-order valence-corrected chi connectivity index (χ4v) is 3.21. The van der Waals surface area contributed by atoms with Crippen molar-refractivity contribution in [1.29, 1.82) is 0 Å². The first-order valence-electron chi connectivity index (χ1n) is 8.39. The number of hydrogen-bond acceptors (Lipinski definition) is 7. The molecule has 3 aromatic rings. The Balaban J connectivity index is 1.61. The number of ketones is 1. The number of halogens is 1. The molecule has 0 aliphatic rings. The van der Waals surface area contributed by atoms with Crippen molar-refractivity contribution in [2.24, 2.45) is 0 Å². The van der Waals surface area contributed by atoms with Crippen molar-refractivity contribution in [3.8, 4) is 11.6 Å². The fourth-order valence-electron chi connectivity index (χ4n) is 2.46. The lowest BCUT2D eigenvalue weighted by molar-refractivity contribution is -0.118. The Hall–Kier alpha value is -3.14. The molecule has 0 bridgehead atoms. The van der Waals surface area contributed by atoms with Crippen LogP contribution in [0.4, 0.5) is 4.39 Å². The number of aromatic nitrogens is 3. The number of nitrogens with two attached hydrogens (primary N) is 1. The molecule has 8 nitrogen and oxygen atoms in total. The number of carbonyl (C=O) groups is 2. The Morgan fingerprint density at radius 3 is 2.82 bits per heavy atom. The van der Waals surface area contributed by atoms with Crippen LogP contribution in [0.2, 0.25) is 0 Å². The summed E-state index contributed by atoms with van der Waals surface area (Å²) in [5.74, 6) is 5.85. The third-order valence-electron chi connectivity index (χ3n) is 3.88. The molecule has 0 saturated heterocycles. The zero-order chi connectivity index (χ0) is 20.1. The van der Waals surface area contributed by atoms with E-state index in [-0.39, 0.29) is 23.0 Å². The Morgan fingerprint density at radius 1 is 1.32 bits per heavy atom. The van der Waals surface area contributed by atoms with Crippen molar-refractivity contribution in [2.75, 3.05) is 18.1 Å². The summed E-state index contributed by atoms with van der Waals surface area (Å²) >= 11 is 1.10. The Morgan fingerprint density at radius 2 is 2.14 bits per heavy atom. The predicted octanol–water partition coefficient (Wildman–Crippen LogP) is 2.04. The highest BCUT2D eigenvalue weighted by Crippen LogP contribution is 2.23. The lowest BCUT2D eigenvalue weighted by Gasteiger charge is -2.07. The highest BCUT2D eigenvalue weighted by molar-refractivity contribution is 7.99. The molecule has 10 heteroatoms. The molecule has 0 atom stereocenters. The zero-order valence-corrected chi connectivity index (χ0v) is 15.8. The van der Waals surface area contributed by atoms with Crippen molar-refractivity contribution < 1.29 is 18.4 Å². The molecule has 0 unspecified atom stereocenters. The van der Waals surface area contributed by atoms with E-state index in [4.69, 9.17) is 10.3 Å². The van der Waals surface area contributed by atoms with Crippen LogP contribution >= 0.6 is 11.8 Å². The average Bonchev–Trinajstić information content (AvgIpc) is 3.30. The molecule has 3 N–H and O–H groups in total. The van der Waals surface area contributed by atoms with Gasteiger partial charge in [0.2, 0.25) is 16.9 Å². The molecule has 0 saturated carbocycles. The maximum absolute atomic E-state index is 14.2. The Kier molecular flexibility index (Phi) is 6.09. The first-order valence-corrected chi connectivity index (χ1v) is 9.37. The SMILES string of the molecule is CC(=O)NCCc1ccc(C(=O)CSc2nnc(-c3ccco3)n2N)cc1F. The quantitative estimate of drug-likeness (QED) is 0.336. The van der Waals surface area contributed by atoms with E-state index in [9.17, 15) is 14.0 Å². The number of benzene rings is 1. The number of nitrogen functional groups attached to an aromatic ring is 1. The molecule has 3 rings (SSSR count). The minimum absolute atomic E-state index is 0.0260. The van der Waals surface area contributed by atoms with Gasteiger partial charge < -0.3 is 15.6 Å². The van der Waals surface area contributed by atoms with Gasteiger partial charge in [-0.15, -0.1) is 10.2 Å². The topological polar surface area (TPSA) is 116 Å². The van der Waals surface area contributed by atoms with Crippen molar-refractivity contribution in [2.45, 2.75) is 18.5 Å². The molecule has 146 valence electrons. The second-order valence-corrected chi connectivity index (χ2v) is 6.85. The van der Waals surface area contributed by atoms with Gasteiger partial charge in [0, 0.05) is 19.0 Å². The number of rotatable bonds is 8. The number of amides is 1. The summed E-state index contributed by atoms with van der Waals surface area (Å²) in [7, 11) is 0. The Bertz CT molecular complexity index is 987. The Labute approximate surface area is 164 Å². The van der Waals surface area contributed by atoms with E-state index in [0.717, 1.165) is 11.8 Å². The fraction of sp³-hybridized carbons (Fsp3) is 0.222. The van der Waals surface area contributed by atoms with Gasteiger partial charge in [-0.05, 0) is 30.2 Å². The molecule has 0 radical (unpaired) electrons. The minimum atomic E-state index is -0.483. The lowest BCUT2D eigenvalue weighted by Crippen LogP contribution is -2.22. The van der Waals surface area contributed by atoms with Gasteiger partial charge in [-0.1, -0.05) is 23.9 Å². The van der Waals surface area contributed by atoms with Gasteiger partial charge in [-0.25, -0.2) is 9.07 Å². The monoisotopic (exact) mass is 403 g/mol. The van der Waals surface area contributed by atoms with Crippen LogP contribution in [0.1, 0.15) is 22.8 Å². The normalized spacial score (nSPS) is 10.8. The summed E-state index contributed by atoms with van der Waals surface area (Å²) < 4.78 is 20.7. The van der Waals surface area contributed by atoms with Gasteiger partial charge in [0.05, 0.1) is 12.0 Å². The number of nitrogens with zero attached hydrogens (tertiary/aromatic N) is 3.